The predicted octanol–water partition coefficient (Wildman–Crippen LogP) is 0.446. The van der Waals surface area contributed by atoms with Crippen LogP contribution >= 0.6 is 15.9 Å². The number of likely N-dealkylation sites (tertiary alicyclic amines) is 1. The molecule has 5 nitrogen and oxygen atoms in total. The van der Waals surface area contributed by atoms with Gasteiger partial charge >= 0.3 is 0 Å². The van der Waals surface area contributed by atoms with Crippen LogP contribution in [0.2, 0.25) is 0 Å². The number of rotatable bonds is 1. The van der Waals surface area contributed by atoms with Crippen LogP contribution in [0.5, 0.6) is 0 Å². The van der Waals surface area contributed by atoms with Gasteiger partial charge in [-0.1, -0.05) is 0 Å². The van der Waals surface area contributed by atoms with E-state index in [0.717, 1.165) is 0 Å². The first-order valence-corrected chi connectivity index (χ1v) is 5.40. The molecule has 1 amide bonds. The summed E-state index contributed by atoms with van der Waals surface area (Å²) in [5.74, 6) is -0.166. The van der Waals surface area contributed by atoms with Gasteiger partial charge in [-0.05, 0) is 22.4 Å². The van der Waals surface area contributed by atoms with E-state index < -0.39 is 6.10 Å². The summed E-state index contributed by atoms with van der Waals surface area (Å²) in [6.45, 7) is 0.964. The van der Waals surface area contributed by atoms with E-state index in [9.17, 15) is 9.90 Å². The quantitative estimate of drug-likeness (QED) is 0.805. The van der Waals surface area contributed by atoms with Crippen LogP contribution in [-0.2, 0) is 0 Å². The molecule has 1 aromatic rings. The molecule has 80 valence electrons. The zero-order valence-corrected chi connectivity index (χ0v) is 9.51. The summed E-state index contributed by atoms with van der Waals surface area (Å²) in [6.07, 6.45) is 3.10. The van der Waals surface area contributed by atoms with Crippen molar-refractivity contribution in [2.45, 2.75) is 12.5 Å². The second-order valence-electron chi connectivity index (χ2n) is 3.41. The second kappa shape index (κ2) is 4.24. The number of carbonyl (C=O) groups is 1. The lowest BCUT2D eigenvalue weighted by Crippen LogP contribution is -2.30. The molecule has 0 aromatic carbocycles. The number of carbonyl (C=O) groups excluding carboxylic acids is 1. The molecule has 0 saturated carbocycles. The zero-order chi connectivity index (χ0) is 10.8. The summed E-state index contributed by atoms with van der Waals surface area (Å²) in [5, 5.41) is 9.33. The number of β-amino-alcohol motifs (C(OH)–C–C–N with tert-alkyl or cyclic N) is 1. The number of halogens is 1. The molecule has 1 fully saturated rings. The Morgan fingerprint density at radius 1 is 1.67 bits per heavy atom. The SMILES string of the molecule is O=C(c1ncncc1Br)N1CC[C@H](O)C1. The molecule has 0 bridgehead atoms. The van der Waals surface area contributed by atoms with Gasteiger partial charge in [-0.15, -0.1) is 0 Å². The second-order valence-corrected chi connectivity index (χ2v) is 4.27. The zero-order valence-electron chi connectivity index (χ0n) is 7.93. The van der Waals surface area contributed by atoms with E-state index in [4.69, 9.17) is 0 Å². The van der Waals surface area contributed by atoms with Crippen molar-refractivity contribution >= 4 is 21.8 Å². The smallest absolute Gasteiger partial charge is 0.273 e. The molecule has 0 aliphatic carbocycles. The standard InChI is InChI=1S/C9H10BrN3O2/c10-7-3-11-5-12-8(7)9(15)13-2-1-6(14)4-13/h3,5-6,14H,1-2,4H2/t6-/m0/s1. The Bertz CT molecular complexity index is 385. The minimum atomic E-state index is -0.408. The van der Waals surface area contributed by atoms with Crippen LogP contribution in [0.3, 0.4) is 0 Å². The van der Waals surface area contributed by atoms with Crippen LogP contribution in [0.15, 0.2) is 17.0 Å². The Morgan fingerprint density at radius 2 is 2.47 bits per heavy atom. The fourth-order valence-corrected chi connectivity index (χ4v) is 1.94. The van der Waals surface area contributed by atoms with Crippen LogP contribution in [0.1, 0.15) is 16.9 Å². The van der Waals surface area contributed by atoms with Crippen molar-refractivity contribution in [1.29, 1.82) is 0 Å². The van der Waals surface area contributed by atoms with Gasteiger partial charge in [0.15, 0.2) is 0 Å². The van der Waals surface area contributed by atoms with Crippen LogP contribution in [-0.4, -0.2) is 45.1 Å². The van der Waals surface area contributed by atoms with Gasteiger partial charge in [-0.3, -0.25) is 4.79 Å². The average Bonchev–Trinajstić information content (AvgIpc) is 2.65. The van der Waals surface area contributed by atoms with Crippen molar-refractivity contribution < 1.29 is 9.90 Å². The maximum absolute atomic E-state index is 11.9. The van der Waals surface area contributed by atoms with Crippen LogP contribution in [0.25, 0.3) is 0 Å². The highest BCUT2D eigenvalue weighted by Gasteiger charge is 2.27. The van der Waals surface area contributed by atoms with Gasteiger partial charge in [-0.25, -0.2) is 9.97 Å². The molecule has 0 unspecified atom stereocenters. The van der Waals surface area contributed by atoms with Crippen LogP contribution in [0, 0.1) is 0 Å². The lowest BCUT2D eigenvalue weighted by molar-refractivity contribution is 0.0758. The first-order valence-electron chi connectivity index (χ1n) is 4.61. The summed E-state index contributed by atoms with van der Waals surface area (Å²) in [4.78, 5) is 21.2. The third kappa shape index (κ3) is 2.15. The Kier molecular flexibility index (Phi) is 2.97. The highest BCUT2D eigenvalue weighted by Crippen LogP contribution is 2.17. The molecule has 1 saturated heterocycles. The van der Waals surface area contributed by atoms with Gasteiger partial charge in [0.1, 0.15) is 12.0 Å². The first kappa shape index (κ1) is 10.5. The average molecular weight is 272 g/mol. The number of hydrogen-bond acceptors (Lipinski definition) is 4. The number of aliphatic hydroxyl groups is 1. The number of aliphatic hydroxyl groups excluding tert-OH is 1. The molecular formula is C9H10BrN3O2. The third-order valence-electron chi connectivity index (χ3n) is 2.32. The van der Waals surface area contributed by atoms with E-state index in [-0.39, 0.29) is 5.91 Å². The van der Waals surface area contributed by atoms with Gasteiger partial charge < -0.3 is 10.0 Å². The summed E-state index contributed by atoms with van der Waals surface area (Å²) in [6, 6.07) is 0. The van der Waals surface area contributed by atoms with Crippen molar-refractivity contribution in [2.75, 3.05) is 13.1 Å². The van der Waals surface area contributed by atoms with E-state index in [1.807, 2.05) is 0 Å². The molecule has 0 spiro atoms. The van der Waals surface area contributed by atoms with E-state index >= 15 is 0 Å². The first-order chi connectivity index (χ1) is 7.18. The van der Waals surface area contributed by atoms with Crippen molar-refractivity contribution in [3.05, 3.63) is 22.7 Å². The van der Waals surface area contributed by atoms with Crippen molar-refractivity contribution in [1.82, 2.24) is 14.9 Å². The van der Waals surface area contributed by atoms with Gasteiger partial charge in [-0.2, -0.15) is 0 Å². The maximum atomic E-state index is 11.9. The fourth-order valence-electron chi connectivity index (χ4n) is 1.55. The molecule has 1 aliphatic heterocycles. The van der Waals surface area contributed by atoms with Crippen molar-refractivity contribution in [3.63, 3.8) is 0 Å². The molecule has 2 heterocycles. The van der Waals surface area contributed by atoms with Gasteiger partial charge in [0.2, 0.25) is 0 Å². The Hall–Kier alpha value is -1.01. The molecule has 1 aromatic heterocycles. The van der Waals surface area contributed by atoms with Crippen LogP contribution < -0.4 is 0 Å². The largest absolute Gasteiger partial charge is 0.391 e. The summed E-state index contributed by atoms with van der Waals surface area (Å²) >= 11 is 3.22. The van der Waals surface area contributed by atoms with E-state index in [1.54, 1.807) is 4.90 Å². The van der Waals surface area contributed by atoms with Crippen molar-refractivity contribution in [3.8, 4) is 0 Å². The number of hydrogen-bond donors (Lipinski definition) is 1. The van der Waals surface area contributed by atoms with Gasteiger partial charge in [0.05, 0.1) is 10.6 Å². The Labute approximate surface area is 95.3 Å². The minimum absolute atomic E-state index is 0.166. The summed E-state index contributed by atoms with van der Waals surface area (Å²) in [5.41, 5.74) is 0.346. The van der Waals surface area contributed by atoms with E-state index in [1.165, 1.54) is 12.5 Å². The monoisotopic (exact) mass is 271 g/mol. The van der Waals surface area contributed by atoms with Gasteiger partial charge in [0.25, 0.3) is 5.91 Å². The molecule has 6 heteroatoms. The number of nitrogens with zero attached hydrogens (tertiary/aromatic N) is 3. The minimum Gasteiger partial charge on any atom is -0.391 e. The lowest BCUT2D eigenvalue weighted by atomic mass is 10.3. The predicted molar refractivity (Wildman–Crippen MR) is 56.3 cm³/mol. The molecule has 15 heavy (non-hydrogen) atoms. The number of aromatic nitrogens is 2. The summed E-state index contributed by atoms with van der Waals surface area (Å²) in [7, 11) is 0. The summed E-state index contributed by atoms with van der Waals surface area (Å²) < 4.78 is 0.580. The highest BCUT2D eigenvalue weighted by atomic mass is 79.9. The molecule has 2 rings (SSSR count). The van der Waals surface area contributed by atoms with Gasteiger partial charge in [0, 0.05) is 19.3 Å². The highest BCUT2D eigenvalue weighted by molar-refractivity contribution is 9.10. The van der Waals surface area contributed by atoms with Crippen LogP contribution in [0.4, 0.5) is 0 Å². The lowest BCUT2D eigenvalue weighted by Gasteiger charge is -2.15. The molecule has 1 atom stereocenters. The van der Waals surface area contributed by atoms with E-state index in [0.29, 0.717) is 29.7 Å². The molecule has 1 N–H and O–H groups in total. The molecule has 0 radical (unpaired) electrons. The topological polar surface area (TPSA) is 66.3 Å². The Balaban J connectivity index is 2.18. The van der Waals surface area contributed by atoms with Crippen molar-refractivity contribution in [2.24, 2.45) is 0 Å². The maximum Gasteiger partial charge on any atom is 0.273 e. The molecule has 1 aliphatic rings. The fraction of sp³-hybridized carbons (Fsp3) is 0.444. The Morgan fingerprint density at radius 3 is 3.07 bits per heavy atom. The number of amides is 1. The van der Waals surface area contributed by atoms with E-state index in [2.05, 4.69) is 25.9 Å². The third-order valence-corrected chi connectivity index (χ3v) is 2.90. The molecular weight excluding hydrogens is 262 g/mol. The normalized spacial score (nSPS) is 20.7.